The molecule has 2 heterocycles. The lowest BCUT2D eigenvalue weighted by molar-refractivity contribution is -0.132. The van der Waals surface area contributed by atoms with Gasteiger partial charge in [0.15, 0.2) is 5.82 Å². The van der Waals surface area contributed by atoms with Crippen LogP contribution in [0.1, 0.15) is 25.7 Å². The van der Waals surface area contributed by atoms with Gasteiger partial charge in [-0.1, -0.05) is 25.5 Å². The Labute approximate surface area is 110 Å². The van der Waals surface area contributed by atoms with Crippen LogP contribution in [0, 0.1) is 0 Å². The topological polar surface area (TPSA) is 68.2 Å². The van der Waals surface area contributed by atoms with Crippen molar-refractivity contribution in [2.24, 2.45) is 4.99 Å². The molecule has 0 saturated heterocycles. The maximum atomic E-state index is 11.0. The number of fused-ring (bicyclic) bond motifs is 1. The van der Waals surface area contributed by atoms with Crippen molar-refractivity contribution in [3.63, 3.8) is 0 Å². The highest BCUT2D eigenvalue weighted by molar-refractivity contribution is 7.84. The number of carbonyl (C=O) groups is 1. The Morgan fingerprint density at radius 2 is 2.22 bits per heavy atom. The maximum absolute atomic E-state index is 11.0. The quantitative estimate of drug-likeness (QED) is 0.788. The van der Waals surface area contributed by atoms with Gasteiger partial charge in [0.25, 0.3) is 0 Å². The monoisotopic (exact) mass is 265 g/mol. The minimum Gasteiger partial charge on any atom is -0.478 e. The third kappa shape index (κ3) is 1.75. The van der Waals surface area contributed by atoms with Crippen LogP contribution in [0.2, 0.25) is 0 Å². The highest BCUT2D eigenvalue weighted by Crippen LogP contribution is 2.31. The summed E-state index contributed by atoms with van der Waals surface area (Å²) < 4.78 is 0. The van der Waals surface area contributed by atoms with E-state index >= 15 is 0 Å². The van der Waals surface area contributed by atoms with Crippen molar-refractivity contribution >= 4 is 24.8 Å². The standard InChI is InChI=1S/C11H13N4O2S/c16-11(17)8-5-12-9-6-14(7-3-1-2-4-7)13-15(9)10(8)18/h5-7,13H,1-4H2,(H,16,17). The summed E-state index contributed by atoms with van der Waals surface area (Å²) in [5.74, 6) is -0.402. The van der Waals surface area contributed by atoms with Crippen molar-refractivity contribution in [1.29, 1.82) is 0 Å². The van der Waals surface area contributed by atoms with Crippen LogP contribution in [0.3, 0.4) is 0 Å². The molecule has 0 unspecified atom stereocenters. The zero-order chi connectivity index (χ0) is 12.7. The Kier molecular flexibility index (Phi) is 2.71. The third-order valence-electron chi connectivity index (χ3n) is 3.41. The lowest BCUT2D eigenvalue weighted by atomic mass is 10.2. The second kappa shape index (κ2) is 4.25. The van der Waals surface area contributed by atoms with Crippen LogP contribution in [-0.4, -0.2) is 33.4 Å². The van der Waals surface area contributed by atoms with E-state index in [-0.39, 0.29) is 10.6 Å². The highest BCUT2D eigenvalue weighted by atomic mass is 32.1. The molecule has 0 spiro atoms. The molecule has 1 radical (unpaired) electrons. The third-order valence-corrected chi connectivity index (χ3v) is 3.81. The van der Waals surface area contributed by atoms with Crippen LogP contribution in [0.25, 0.3) is 0 Å². The Bertz CT molecular complexity index is 479. The molecule has 18 heavy (non-hydrogen) atoms. The molecular weight excluding hydrogens is 252 g/mol. The van der Waals surface area contributed by atoms with Crippen LogP contribution in [0.15, 0.2) is 27.6 Å². The second-order valence-electron chi connectivity index (χ2n) is 4.55. The maximum Gasteiger partial charge on any atom is 0.340 e. The van der Waals surface area contributed by atoms with E-state index in [0.717, 1.165) is 12.8 Å². The van der Waals surface area contributed by atoms with Crippen LogP contribution in [0.5, 0.6) is 0 Å². The molecule has 0 aromatic carbocycles. The van der Waals surface area contributed by atoms with E-state index in [1.54, 1.807) is 5.01 Å². The molecule has 0 aromatic heterocycles. The number of aliphatic carboxylic acids is 1. The molecule has 1 saturated carbocycles. The first-order valence-corrected chi connectivity index (χ1v) is 6.33. The number of hydrazine groups is 2. The molecule has 0 bridgehead atoms. The number of carboxylic acid groups (broad SMARTS) is 1. The van der Waals surface area contributed by atoms with Crippen LogP contribution < -0.4 is 5.53 Å². The molecule has 3 aliphatic rings. The first-order chi connectivity index (χ1) is 8.66. The summed E-state index contributed by atoms with van der Waals surface area (Å²) in [6.45, 7) is 0. The van der Waals surface area contributed by atoms with Crippen LogP contribution in [-0.2, 0) is 4.79 Å². The number of rotatable bonds is 2. The molecule has 7 heteroatoms. The summed E-state index contributed by atoms with van der Waals surface area (Å²) in [5, 5.41) is 12.8. The van der Waals surface area contributed by atoms with Gasteiger partial charge in [-0.05, 0) is 12.8 Å². The summed E-state index contributed by atoms with van der Waals surface area (Å²) >= 11 is 5.16. The van der Waals surface area contributed by atoms with E-state index in [0.29, 0.717) is 11.9 Å². The van der Waals surface area contributed by atoms with Gasteiger partial charge >= 0.3 is 5.97 Å². The molecule has 2 N–H and O–H groups in total. The summed E-state index contributed by atoms with van der Waals surface area (Å²) in [6.07, 6.45) is 7.93. The molecule has 1 fully saturated rings. The number of hydrogen-bond acceptors (Lipinski definition) is 5. The lowest BCUT2D eigenvalue weighted by Gasteiger charge is -2.28. The highest BCUT2D eigenvalue weighted by Gasteiger charge is 2.33. The SMILES string of the molecule is O=C(O)C1=C([S])N2NN(C3CCCC3)C=C2N=C1. The van der Waals surface area contributed by atoms with Gasteiger partial charge in [-0.2, -0.15) is 0 Å². The first-order valence-electron chi connectivity index (χ1n) is 5.92. The number of carboxylic acids is 1. The fourth-order valence-corrected chi connectivity index (χ4v) is 2.72. The van der Waals surface area contributed by atoms with Crippen molar-refractivity contribution in [1.82, 2.24) is 15.6 Å². The summed E-state index contributed by atoms with van der Waals surface area (Å²) in [7, 11) is 0. The van der Waals surface area contributed by atoms with Gasteiger partial charge in [0.1, 0.15) is 10.6 Å². The Morgan fingerprint density at radius 1 is 1.50 bits per heavy atom. The summed E-state index contributed by atoms with van der Waals surface area (Å²) in [6, 6.07) is 0.439. The van der Waals surface area contributed by atoms with E-state index in [4.69, 9.17) is 17.7 Å². The fraction of sp³-hybridized carbons (Fsp3) is 0.455. The number of nitrogens with zero attached hydrogens (tertiary/aromatic N) is 3. The number of hydrogen-bond donors (Lipinski definition) is 2. The molecule has 3 rings (SSSR count). The molecule has 95 valence electrons. The van der Waals surface area contributed by atoms with Gasteiger partial charge in [0.2, 0.25) is 0 Å². The van der Waals surface area contributed by atoms with Gasteiger partial charge in [-0.3, -0.25) is 5.01 Å². The van der Waals surface area contributed by atoms with Gasteiger partial charge in [-0.15, -0.1) is 5.53 Å². The predicted molar refractivity (Wildman–Crippen MR) is 67.9 cm³/mol. The summed E-state index contributed by atoms with van der Waals surface area (Å²) in [4.78, 5) is 15.1. The van der Waals surface area contributed by atoms with Gasteiger partial charge in [-0.25, -0.2) is 14.8 Å². The predicted octanol–water partition coefficient (Wildman–Crippen LogP) is 1.34. The first kappa shape index (κ1) is 11.5. The van der Waals surface area contributed by atoms with Gasteiger partial charge in [0, 0.05) is 12.3 Å². The molecule has 0 atom stereocenters. The normalized spacial score (nSPS) is 23.7. The molecule has 1 aliphatic carbocycles. The fourth-order valence-electron chi connectivity index (χ4n) is 2.44. The Balaban J connectivity index is 1.83. The smallest absolute Gasteiger partial charge is 0.340 e. The van der Waals surface area contributed by atoms with Crippen LogP contribution in [0.4, 0.5) is 0 Å². The van der Waals surface area contributed by atoms with Crippen LogP contribution >= 0.6 is 12.6 Å². The van der Waals surface area contributed by atoms with E-state index in [2.05, 4.69) is 10.5 Å². The van der Waals surface area contributed by atoms with Crippen molar-refractivity contribution in [2.75, 3.05) is 0 Å². The summed E-state index contributed by atoms with van der Waals surface area (Å²) in [5.41, 5.74) is 3.15. The molecule has 2 aliphatic heterocycles. The van der Waals surface area contributed by atoms with Crippen molar-refractivity contribution in [2.45, 2.75) is 31.7 Å². The van der Waals surface area contributed by atoms with Crippen molar-refractivity contribution < 1.29 is 9.90 Å². The second-order valence-corrected chi connectivity index (χ2v) is 4.94. The molecule has 6 nitrogen and oxygen atoms in total. The number of aliphatic imine (C=N–C) groups is 1. The lowest BCUT2D eigenvalue weighted by Crippen LogP contribution is -2.44. The van der Waals surface area contributed by atoms with E-state index in [1.807, 2.05) is 11.2 Å². The zero-order valence-electron chi connectivity index (χ0n) is 9.67. The zero-order valence-corrected chi connectivity index (χ0v) is 10.5. The van der Waals surface area contributed by atoms with Gasteiger partial charge in [0.05, 0.1) is 6.20 Å². The Morgan fingerprint density at radius 3 is 2.89 bits per heavy atom. The molecule has 0 aromatic rings. The van der Waals surface area contributed by atoms with E-state index in [9.17, 15) is 4.79 Å². The van der Waals surface area contributed by atoms with Crippen molar-refractivity contribution in [3.8, 4) is 0 Å². The average molecular weight is 265 g/mol. The van der Waals surface area contributed by atoms with Gasteiger partial charge < -0.3 is 5.11 Å². The van der Waals surface area contributed by atoms with E-state index in [1.165, 1.54) is 19.1 Å². The largest absolute Gasteiger partial charge is 0.478 e. The van der Waals surface area contributed by atoms with E-state index < -0.39 is 5.97 Å². The minimum absolute atomic E-state index is 0.0444. The average Bonchev–Trinajstić information content (AvgIpc) is 2.97. The molecule has 0 amide bonds. The Hall–Kier alpha value is -1.60. The van der Waals surface area contributed by atoms with Crippen molar-refractivity contribution in [3.05, 3.63) is 22.6 Å². The number of nitrogens with one attached hydrogen (secondary N) is 1. The molecular formula is C11H13N4O2S. The minimum atomic E-state index is -1.05.